The lowest BCUT2D eigenvalue weighted by atomic mass is 10.2. The lowest BCUT2D eigenvalue weighted by molar-refractivity contribution is -0.143. The zero-order valence-corrected chi connectivity index (χ0v) is 13.3. The molecule has 25 heavy (non-hydrogen) atoms. The molecule has 2 N–H and O–H groups in total. The molecule has 9 heteroatoms. The molecule has 1 aromatic heterocycles. The minimum Gasteiger partial charge on any atom is -0.480 e. The molecule has 0 radical (unpaired) electrons. The van der Waals surface area contributed by atoms with Crippen LogP contribution in [-0.4, -0.2) is 41.7 Å². The summed E-state index contributed by atoms with van der Waals surface area (Å²) in [6.45, 7) is -0.159. The monoisotopic (exact) mass is 354 g/mol. The van der Waals surface area contributed by atoms with Gasteiger partial charge in [0.1, 0.15) is 11.6 Å². The number of ether oxygens (including phenoxy) is 1. The number of carboxylic acids is 1. The van der Waals surface area contributed by atoms with Crippen LogP contribution >= 0.6 is 0 Å². The fraction of sp³-hybridized carbons (Fsp3) is 0.312. The van der Waals surface area contributed by atoms with Crippen molar-refractivity contribution in [3.63, 3.8) is 0 Å². The number of aromatic nitrogens is 1. The maximum Gasteiger partial charge on any atom is 0.328 e. The number of nitrogens with one attached hydrogen (secondary N) is 1. The van der Waals surface area contributed by atoms with Crippen molar-refractivity contribution in [2.75, 3.05) is 13.7 Å². The number of rotatable bonds is 8. The van der Waals surface area contributed by atoms with Gasteiger partial charge in [-0.25, -0.2) is 18.6 Å². The van der Waals surface area contributed by atoms with E-state index in [-0.39, 0.29) is 36.7 Å². The highest BCUT2D eigenvalue weighted by molar-refractivity contribution is 5.83. The molecule has 7 nitrogen and oxygen atoms in total. The molecule has 2 aromatic rings. The van der Waals surface area contributed by atoms with Gasteiger partial charge in [0.05, 0.1) is 18.4 Å². The number of nitrogens with zero attached hydrogens (tertiary/aromatic N) is 1. The molecule has 0 aliphatic carbocycles. The van der Waals surface area contributed by atoms with Crippen LogP contribution in [0.25, 0.3) is 11.3 Å². The van der Waals surface area contributed by atoms with E-state index in [9.17, 15) is 18.4 Å². The van der Waals surface area contributed by atoms with Crippen LogP contribution in [0.15, 0.2) is 28.8 Å². The fourth-order valence-electron chi connectivity index (χ4n) is 2.07. The zero-order valence-electron chi connectivity index (χ0n) is 13.3. The topological polar surface area (TPSA) is 102 Å². The van der Waals surface area contributed by atoms with Crippen LogP contribution < -0.4 is 5.32 Å². The predicted molar refractivity (Wildman–Crippen MR) is 81.6 cm³/mol. The first kappa shape index (κ1) is 18.5. The molecule has 0 saturated carbocycles. The van der Waals surface area contributed by atoms with Crippen molar-refractivity contribution in [2.24, 2.45) is 0 Å². The maximum atomic E-state index is 13.7. The Bertz CT molecular complexity index is 763. The van der Waals surface area contributed by atoms with E-state index >= 15 is 0 Å². The minimum atomic E-state index is -1.21. The molecule has 1 amide bonds. The Morgan fingerprint density at radius 1 is 1.40 bits per heavy atom. The minimum absolute atomic E-state index is 0.0515. The van der Waals surface area contributed by atoms with Gasteiger partial charge in [-0.05, 0) is 12.1 Å². The van der Waals surface area contributed by atoms with E-state index in [0.29, 0.717) is 0 Å². The molecule has 1 unspecified atom stereocenters. The molecule has 1 aromatic carbocycles. The second-order valence-electron chi connectivity index (χ2n) is 5.16. The number of carbonyl (C=O) groups excluding carboxylic acids is 1. The van der Waals surface area contributed by atoms with Crippen molar-refractivity contribution < 1.29 is 32.6 Å². The number of carboxylic acid groups (broad SMARTS) is 1. The Kier molecular flexibility index (Phi) is 6.18. The van der Waals surface area contributed by atoms with Gasteiger partial charge in [0.15, 0.2) is 17.7 Å². The number of methoxy groups -OCH3 is 1. The van der Waals surface area contributed by atoms with Gasteiger partial charge in [-0.3, -0.25) is 4.79 Å². The lowest BCUT2D eigenvalue weighted by Gasteiger charge is -2.12. The standard InChI is InChI=1S/C16H16F2N2O5/c1-24-8-12(16(22)23)20-14(21)4-5-15-19-7-13(25-15)10-3-2-9(17)6-11(10)18/h2-3,6-7,12H,4-5,8H2,1H3,(H,20,21)(H,22,23). The van der Waals surface area contributed by atoms with Gasteiger partial charge < -0.3 is 19.6 Å². The Hall–Kier alpha value is -2.81. The molecule has 0 fully saturated rings. The molecule has 0 aliphatic heterocycles. The molecule has 2 rings (SSSR count). The van der Waals surface area contributed by atoms with E-state index in [2.05, 4.69) is 10.3 Å². The third kappa shape index (κ3) is 5.08. The van der Waals surface area contributed by atoms with Gasteiger partial charge in [-0.15, -0.1) is 0 Å². The van der Waals surface area contributed by atoms with Gasteiger partial charge >= 0.3 is 5.97 Å². The summed E-state index contributed by atoms with van der Waals surface area (Å²) in [6.07, 6.45) is 1.29. The number of carbonyl (C=O) groups is 2. The predicted octanol–water partition coefficient (Wildman–Crippen LogP) is 1.77. The smallest absolute Gasteiger partial charge is 0.328 e. The Morgan fingerprint density at radius 2 is 2.16 bits per heavy atom. The second-order valence-corrected chi connectivity index (χ2v) is 5.16. The van der Waals surface area contributed by atoms with Gasteiger partial charge in [0.25, 0.3) is 0 Å². The lowest BCUT2D eigenvalue weighted by Crippen LogP contribution is -2.43. The SMILES string of the molecule is COCC(NC(=O)CCc1ncc(-c2ccc(F)cc2F)o1)C(=O)O. The Morgan fingerprint density at radius 3 is 2.80 bits per heavy atom. The van der Waals surface area contributed by atoms with Crippen molar-refractivity contribution >= 4 is 11.9 Å². The molecule has 1 atom stereocenters. The number of hydrogen-bond donors (Lipinski definition) is 2. The van der Waals surface area contributed by atoms with Crippen molar-refractivity contribution in [1.82, 2.24) is 10.3 Å². The van der Waals surface area contributed by atoms with Crippen LogP contribution in [0.4, 0.5) is 8.78 Å². The number of hydrogen-bond acceptors (Lipinski definition) is 5. The number of benzene rings is 1. The van der Waals surface area contributed by atoms with E-state index < -0.39 is 29.6 Å². The Labute approximate surface area is 141 Å². The van der Waals surface area contributed by atoms with Gasteiger partial charge in [0, 0.05) is 26.0 Å². The third-order valence-electron chi connectivity index (χ3n) is 3.28. The summed E-state index contributed by atoms with van der Waals surface area (Å²) >= 11 is 0. The van der Waals surface area contributed by atoms with Gasteiger partial charge in [0.2, 0.25) is 5.91 Å². The zero-order chi connectivity index (χ0) is 18.4. The van der Waals surface area contributed by atoms with Crippen molar-refractivity contribution in [2.45, 2.75) is 18.9 Å². The van der Waals surface area contributed by atoms with Crippen molar-refractivity contribution in [1.29, 1.82) is 0 Å². The molecule has 1 heterocycles. The summed E-state index contributed by atoms with van der Waals surface area (Å²) in [6, 6.07) is 1.90. The number of halogens is 2. The van der Waals surface area contributed by atoms with Crippen LogP contribution in [-0.2, 0) is 20.7 Å². The normalized spacial score (nSPS) is 12.0. The first-order valence-electron chi connectivity index (χ1n) is 7.32. The first-order chi connectivity index (χ1) is 11.9. The number of aliphatic carboxylic acids is 1. The van der Waals surface area contributed by atoms with Crippen molar-refractivity contribution in [3.8, 4) is 11.3 Å². The summed E-state index contributed by atoms with van der Waals surface area (Å²) in [7, 11) is 1.32. The maximum absolute atomic E-state index is 13.7. The second kappa shape index (κ2) is 8.34. The van der Waals surface area contributed by atoms with E-state index in [1.54, 1.807) is 0 Å². The summed E-state index contributed by atoms with van der Waals surface area (Å²) in [5.41, 5.74) is 0.0515. The molecular formula is C16H16F2N2O5. The third-order valence-corrected chi connectivity index (χ3v) is 3.28. The number of amides is 1. The average Bonchev–Trinajstić information content (AvgIpc) is 3.01. The number of aryl methyl sites for hydroxylation is 1. The summed E-state index contributed by atoms with van der Waals surface area (Å²) in [4.78, 5) is 26.6. The summed E-state index contributed by atoms with van der Waals surface area (Å²) in [5, 5.41) is 11.2. The summed E-state index contributed by atoms with van der Waals surface area (Å²) < 4.78 is 36.7. The van der Waals surface area contributed by atoms with Gasteiger partial charge in [-0.2, -0.15) is 0 Å². The van der Waals surface area contributed by atoms with Crippen LogP contribution in [0.3, 0.4) is 0 Å². The molecule has 0 spiro atoms. The van der Waals surface area contributed by atoms with E-state index in [0.717, 1.165) is 12.1 Å². The fourth-order valence-corrected chi connectivity index (χ4v) is 2.07. The molecule has 134 valence electrons. The largest absolute Gasteiger partial charge is 0.480 e. The molecule has 0 bridgehead atoms. The quantitative estimate of drug-likeness (QED) is 0.749. The van der Waals surface area contributed by atoms with Crippen LogP contribution in [0.1, 0.15) is 12.3 Å². The molecule has 0 saturated heterocycles. The molecule has 0 aliphatic rings. The van der Waals surface area contributed by atoms with Crippen LogP contribution in [0.5, 0.6) is 0 Å². The summed E-state index contributed by atoms with van der Waals surface area (Å²) in [5.74, 6) is -2.94. The first-order valence-corrected chi connectivity index (χ1v) is 7.32. The highest BCUT2D eigenvalue weighted by atomic mass is 19.1. The Balaban J connectivity index is 1.95. The van der Waals surface area contributed by atoms with Crippen LogP contribution in [0.2, 0.25) is 0 Å². The van der Waals surface area contributed by atoms with E-state index in [4.69, 9.17) is 14.3 Å². The van der Waals surface area contributed by atoms with Crippen molar-refractivity contribution in [3.05, 3.63) is 41.9 Å². The van der Waals surface area contributed by atoms with Gasteiger partial charge in [-0.1, -0.05) is 0 Å². The van der Waals surface area contributed by atoms with E-state index in [1.807, 2.05) is 0 Å². The van der Waals surface area contributed by atoms with E-state index in [1.165, 1.54) is 19.4 Å². The highest BCUT2D eigenvalue weighted by Crippen LogP contribution is 2.24. The molecular weight excluding hydrogens is 338 g/mol. The number of oxazole rings is 1. The highest BCUT2D eigenvalue weighted by Gasteiger charge is 2.20. The van der Waals surface area contributed by atoms with Crippen LogP contribution in [0, 0.1) is 11.6 Å². The average molecular weight is 354 g/mol.